The smallest absolute Gasteiger partial charge is 0.255 e. The number of sulfonamides is 1. The Labute approximate surface area is 186 Å². The number of halogens is 1. The van der Waals surface area contributed by atoms with Crippen molar-refractivity contribution < 1.29 is 22.7 Å². The summed E-state index contributed by atoms with van der Waals surface area (Å²) in [5, 5.41) is 5.81. The van der Waals surface area contributed by atoms with Gasteiger partial charge in [0.05, 0.1) is 24.4 Å². The topological polar surface area (TPSA) is 105 Å². The van der Waals surface area contributed by atoms with Crippen molar-refractivity contribution in [1.29, 1.82) is 0 Å². The molecule has 10 heteroatoms. The van der Waals surface area contributed by atoms with Crippen molar-refractivity contribution in [1.82, 2.24) is 14.9 Å². The molecule has 0 spiro atoms. The minimum absolute atomic E-state index is 0.0990. The summed E-state index contributed by atoms with van der Waals surface area (Å²) < 4.78 is 32.6. The number of carbonyl (C=O) groups excluding carboxylic acids is 2. The van der Waals surface area contributed by atoms with Crippen molar-refractivity contribution in [3.8, 4) is 5.75 Å². The van der Waals surface area contributed by atoms with Crippen molar-refractivity contribution in [3.63, 3.8) is 0 Å². The predicted molar refractivity (Wildman–Crippen MR) is 118 cm³/mol. The Morgan fingerprint density at radius 1 is 1.03 bits per heavy atom. The lowest BCUT2D eigenvalue weighted by atomic mass is 10.2. The third-order valence-electron chi connectivity index (χ3n) is 4.64. The van der Waals surface area contributed by atoms with Gasteiger partial charge in [-0.2, -0.15) is 4.31 Å². The molecule has 0 aromatic heterocycles. The molecule has 1 heterocycles. The van der Waals surface area contributed by atoms with Gasteiger partial charge < -0.3 is 15.4 Å². The van der Waals surface area contributed by atoms with E-state index >= 15 is 0 Å². The lowest BCUT2D eigenvalue weighted by molar-refractivity contribution is -0.121. The number of hydrogen-bond donors (Lipinski definition) is 2. The van der Waals surface area contributed by atoms with Gasteiger partial charge in [-0.05, 0) is 30.2 Å². The van der Waals surface area contributed by atoms with Gasteiger partial charge in [0.1, 0.15) is 12.4 Å². The molecule has 166 valence electrons. The molecule has 0 radical (unpaired) electrons. The van der Waals surface area contributed by atoms with E-state index in [1.807, 2.05) is 0 Å². The zero-order valence-electron chi connectivity index (χ0n) is 16.8. The van der Waals surface area contributed by atoms with Crippen LogP contribution in [0.25, 0.3) is 0 Å². The van der Waals surface area contributed by atoms with E-state index in [0.717, 1.165) is 4.31 Å². The van der Waals surface area contributed by atoms with E-state index in [-0.39, 0.29) is 50.0 Å². The lowest BCUT2D eigenvalue weighted by Crippen LogP contribution is -2.43. The summed E-state index contributed by atoms with van der Waals surface area (Å²) in [6, 6.07) is 13.5. The van der Waals surface area contributed by atoms with Crippen LogP contribution < -0.4 is 15.4 Å². The second-order valence-electron chi connectivity index (χ2n) is 7.02. The van der Waals surface area contributed by atoms with Gasteiger partial charge in [0.2, 0.25) is 15.9 Å². The van der Waals surface area contributed by atoms with E-state index < -0.39 is 15.9 Å². The summed E-state index contributed by atoms with van der Waals surface area (Å²) in [6.45, 7) is 0.306. The molecule has 1 aliphatic rings. The molecule has 0 atom stereocenters. The first kappa shape index (κ1) is 23.1. The highest BCUT2D eigenvalue weighted by Gasteiger charge is 2.25. The molecule has 0 saturated carbocycles. The number of nitrogens with one attached hydrogen (secondary N) is 2. The van der Waals surface area contributed by atoms with E-state index in [4.69, 9.17) is 16.3 Å². The number of ether oxygens (including phenoxy) is 1. The number of hydrogen-bond acceptors (Lipinski definition) is 5. The number of benzene rings is 2. The van der Waals surface area contributed by atoms with Crippen LogP contribution in [0, 0.1) is 0 Å². The highest BCUT2D eigenvalue weighted by molar-refractivity contribution is 7.88. The van der Waals surface area contributed by atoms with Crippen LogP contribution in [-0.4, -0.2) is 57.3 Å². The molecule has 1 aliphatic heterocycles. The highest BCUT2D eigenvalue weighted by atomic mass is 35.5. The maximum Gasteiger partial charge on any atom is 0.255 e. The molecule has 0 aliphatic carbocycles. The summed E-state index contributed by atoms with van der Waals surface area (Å²) >= 11 is 6.00. The number of amides is 2. The van der Waals surface area contributed by atoms with Crippen LogP contribution >= 0.6 is 11.6 Å². The molecular weight excluding hydrogens is 442 g/mol. The maximum absolute atomic E-state index is 12.9. The molecule has 8 nitrogen and oxygen atoms in total. The van der Waals surface area contributed by atoms with Crippen molar-refractivity contribution in [3.05, 3.63) is 64.7 Å². The number of fused-ring (bicyclic) bond motifs is 1. The Morgan fingerprint density at radius 2 is 1.81 bits per heavy atom. The summed E-state index contributed by atoms with van der Waals surface area (Å²) in [6.07, 6.45) is 0.337. The molecule has 2 N–H and O–H groups in total. The van der Waals surface area contributed by atoms with Gasteiger partial charge >= 0.3 is 0 Å². The fraction of sp³-hybridized carbons (Fsp3) is 0.333. The van der Waals surface area contributed by atoms with Crippen molar-refractivity contribution in [2.24, 2.45) is 0 Å². The lowest BCUT2D eigenvalue weighted by Gasteiger charge is -2.22. The third-order valence-corrected chi connectivity index (χ3v) is 6.67. The van der Waals surface area contributed by atoms with Gasteiger partial charge in [0.25, 0.3) is 5.91 Å². The van der Waals surface area contributed by atoms with Gasteiger partial charge in [-0.1, -0.05) is 41.9 Å². The number of carbonyl (C=O) groups is 2. The minimum atomic E-state index is -3.73. The van der Waals surface area contributed by atoms with E-state index in [1.54, 1.807) is 42.5 Å². The van der Waals surface area contributed by atoms with Crippen LogP contribution in [-0.2, 0) is 20.6 Å². The molecule has 3 rings (SSSR count). The molecule has 2 aromatic rings. The van der Waals surface area contributed by atoms with Crippen LogP contribution in [0.4, 0.5) is 0 Å². The molecule has 0 bridgehead atoms. The largest absolute Gasteiger partial charge is 0.491 e. The molecule has 0 saturated heterocycles. The number of rotatable bonds is 3. The Morgan fingerprint density at radius 3 is 2.58 bits per heavy atom. The predicted octanol–water partition coefficient (Wildman–Crippen LogP) is 1.80. The molecule has 31 heavy (non-hydrogen) atoms. The summed E-state index contributed by atoms with van der Waals surface area (Å²) in [5.74, 6) is -0.627. The zero-order chi connectivity index (χ0) is 22.3. The van der Waals surface area contributed by atoms with Crippen LogP contribution in [0.1, 0.15) is 22.3 Å². The van der Waals surface area contributed by atoms with Crippen LogP contribution in [0.2, 0.25) is 5.02 Å². The molecule has 0 unspecified atom stereocenters. The Bertz CT molecular complexity index is 1030. The molecule has 0 fully saturated rings. The van der Waals surface area contributed by atoms with Crippen molar-refractivity contribution in [2.75, 3.05) is 32.8 Å². The van der Waals surface area contributed by atoms with Crippen molar-refractivity contribution in [2.45, 2.75) is 12.2 Å². The first-order chi connectivity index (χ1) is 14.8. The van der Waals surface area contributed by atoms with E-state index in [9.17, 15) is 18.0 Å². The fourth-order valence-corrected chi connectivity index (χ4v) is 4.81. The molecule has 2 aromatic carbocycles. The monoisotopic (exact) mass is 465 g/mol. The Kier molecular flexibility index (Phi) is 7.89. The van der Waals surface area contributed by atoms with E-state index in [2.05, 4.69) is 10.6 Å². The first-order valence-corrected chi connectivity index (χ1v) is 11.8. The normalized spacial score (nSPS) is 16.9. The third kappa shape index (κ3) is 6.68. The van der Waals surface area contributed by atoms with E-state index in [1.165, 1.54) is 6.07 Å². The summed E-state index contributed by atoms with van der Waals surface area (Å²) in [5.41, 5.74) is 0.918. The standard InChI is InChI=1S/C21H24ClN3O5S/c22-17-7-8-19-18(13-17)21(27)24-9-4-11-25(14-20(26)23-10-12-30-19)31(28,29)15-16-5-2-1-3-6-16/h1-3,5-8,13H,4,9-12,14-15H2,(H,23,26)(H,24,27). The minimum Gasteiger partial charge on any atom is -0.491 e. The van der Waals surface area contributed by atoms with Crippen molar-refractivity contribution >= 4 is 33.4 Å². The first-order valence-electron chi connectivity index (χ1n) is 9.84. The van der Waals surface area contributed by atoms with Crippen LogP contribution in [0.15, 0.2) is 48.5 Å². The zero-order valence-corrected chi connectivity index (χ0v) is 18.4. The summed E-state index contributed by atoms with van der Waals surface area (Å²) in [4.78, 5) is 24.9. The molecule has 2 amide bonds. The van der Waals surface area contributed by atoms with Crippen LogP contribution in [0.5, 0.6) is 5.75 Å². The maximum atomic E-state index is 12.9. The van der Waals surface area contributed by atoms with Crippen LogP contribution in [0.3, 0.4) is 0 Å². The summed E-state index contributed by atoms with van der Waals surface area (Å²) in [7, 11) is -3.73. The highest BCUT2D eigenvalue weighted by Crippen LogP contribution is 2.23. The average Bonchev–Trinajstić information content (AvgIpc) is 2.73. The van der Waals surface area contributed by atoms with Gasteiger partial charge in [-0.15, -0.1) is 0 Å². The van der Waals surface area contributed by atoms with E-state index in [0.29, 0.717) is 22.8 Å². The second-order valence-corrected chi connectivity index (χ2v) is 9.43. The van der Waals surface area contributed by atoms with Gasteiger partial charge in [-0.25, -0.2) is 8.42 Å². The van der Waals surface area contributed by atoms with Gasteiger partial charge in [0.15, 0.2) is 0 Å². The SMILES string of the molecule is O=C1CN(S(=O)(=O)Cc2ccccc2)CCCNC(=O)c2cc(Cl)ccc2OCCN1. The molecular formula is C21H24ClN3O5S. The van der Waals surface area contributed by atoms with Gasteiger partial charge in [-0.3, -0.25) is 9.59 Å². The number of nitrogens with zero attached hydrogens (tertiary/aromatic N) is 1. The average molecular weight is 466 g/mol. The second kappa shape index (κ2) is 10.6. The Hall–Kier alpha value is -2.62. The van der Waals surface area contributed by atoms with Gasteiger partial charge in [0, 0.05) is 18.1 Å². The quantitative estimate of drug-likeness (QED) is 0.719. The Balaban J connectivity index is 1.74. The fourth-order valence-electron chi connectivity index (χ4n) is 3.12.